The second-order valence-corrected chi connectivity index (χ2v) is 4.20. The molecule has 5 heteroatoms. The zero-order valence-corrected chi connectivity index (χ0v) is 9.46. The summed E-state index contributed by atoms with van der Waals surface area (Å²) in [4.78, 5) is 0. The van der Waals surface area contributed by atoms with Crippen molar-refractivity contribution < 1.29 is 0 Å². The molecule has 0 fully saturated rings. The highest BCUT2D eigenvalue weighted by Gasteiger charge is 2.09. The quantitative estimate of drug-likeness (QED) is 0.792. The third-order valence-electron chi connectivity index (χ3n) is 2.21. The highest BCUT2D eigenvalue weighted by Crippen LogP contribution is 2.18. The van der Waals surface area contributed by atoms with Gasteiger partial charge in [-0.25, -0.2) is 4.68 Å². The molecule has 2 aromatic rings. The molecule has 0 saturated heterocycles. The topological polar surface area (TPSA) is 69.6 Å². The van der Waals surface area contributed by atoms with Crippen LogP contribution >= 0.6 is 0 Å². The molecular weight excluding hydrogens is 202 g/mol. The molecule has 0 saturated carbocycles. The summed E-state index contributed by atoms with van der Waals surface area (Å²) in [6, 6.07) is 7.58. The van der Waals surface area contributed by atoms with Crippen LogP contribution in [0.15, 0.2) is 24.3 Å². The highest BCUT2D eigenvalue weighted by molar-refractivity contribution is 5.60. The SMILES string of the molecule is CC(C)Cn1nnnc1-c1cccc(N)c1. The third kappa shape index (κ3) is 2.18. The second kappa shape index (κ2) is 4.30. The minimum atomic E-state index is 0.503. The first-order valence-electron chi connectivity index (χ1n) is 5.29. The molecule has 0 spiro atoms. The van der Waals surface area contributed by atoms with Gasteiger partial charge in [-0.05, 0) is 28.5 Å². The Morgan fingerprint density at radius 2 is 2.19 bits per heavy atom. The van der Waals surface area contributed by atoms with Gasteiger partial charge in [0.15, 0.2) is 5.82 Å². The van der Waals surface area contributed by atoms with Gasteiger partial charge in [0.05, 0.1) is 0 Å². The van der Waals surface area contributed by atoms with E-state index in [9.17, 15) is 0 Å². The normalized spacial score (nSPS) is 10.9. The van der Waals surface area contributed by atoms with Gasteiger partial charge in [-0.2, -0.15) is 0 Å². The molecule has 0 amide bonds. The molecular formula is C11H15N5. The van der Waals surface area contributed by atoms with Gasteiger partial charge in [-0.3, -0.25) is 0 Å². The lowest BCUT2D eigenvalue weighted by Gasteiger charge is -2.07. The molecule has 16 heavy (non-hydrogen) atoms. The summed E-state index contributed by atoms with van der Waals surface area (Å²) >= 11 is 0. The molecule has 1 aromatic carbocycles. The Bertz CT molecular complexity index is 475. The summed E-state index contributed by atoms with van der Waals surface area (Å²) in [7, 11) is 0. The second-order valence-electron chi connectivity index (χ2n) is 4.20. The number of nitrogens with two attached hydrogens (primary N) is 1. The Morgan fingerprint density at radius 1 is 1.38 bits per heavy atom. The summed E-state index contributed by atoms with van der Waals surface area (Å²) in [6.07, 6.45) is 0. The third-order valence-corrected chi connectivity index (χ3v) is 2.21. The average Bonchev–Trinajstić information content (AvgIpc) is 2.65. The van der Waals surface area contributed by atoms with Crippen molar-refractivity contribution in [3.8, 4) is 11.4 Å². The molecule has 0 bridgehead atoms. The summed E-state index contributed by atoms with van der Waals surface area (Å²) in [5, 5.41) is 11.7. The van der Waals surface area contributed by atoms with Crippen molar-refractivity contribution >= 4 is 5.69 Å². The van der Waals surface area contributed by atoms with Crippen LogP contribution < -0.4 is 5.73 Å². The average molecular weight is 217 g/mol. The molecule has 0 aliphatic rings. The fourth-order valence-corrected chi connectivity index (χ4v) is 1.56. The summed E-state index contributed by atoms with van der Waals surface area (Å²) in [6.45, 7) is 5.06. The summed E-state index contributed by atoms with van der Waals surface area (Å²) < 4.78 is 1.80. The van der Waals surface area contributed by atoms with Gasteiger partial charge in [0.1, 0.15) is 0 Å². The van der Waals surface area contributed by atoms with Crippen molar-refractivity contribution in [3.05, 3.63) is 24.3 Å². The van der Waals surface area contributed by atoms with Crippen molar-refractivity contribution in [2.24, 2.45) is 5.92 Å². The number of nitrogens with zero attached hydrogens (tertiary/aromatic N) is 4. The van der Waals surface area contributed by atoms with Crippen molar-refractivity contribution in [2.45, 2.75) is 20.4 Å². The van der Waals surface area contributed by atoms with Crippen molar-refractivity contribution in [2.75, 3.05) is 5.73 Å². The maximum absolute atomic E-state index is 5.74. The Labute approximate surface area is 94.3 Å². The van der Waals surface area contributed by atoms with E-state index in [-0.39, 0.29) is 0 Å². The smallest absolute Gasteiger partial charge is 0.182 e. The zero-order chi connectivity index (χ0) is 11.5. The monoisotopic (exact) mass is 217 g/mol. The lowest BCUT2D eigenvalue weighted by molar-refractivity contribution is 0.475. The molecule has 2 rings (SSSR count). The van der Waals surface area contributed by atoms with E-state index in [2.05, 4.69) is 29.4 Å². The number of aromatic nitrogens is 4. The van der Waals surface area contributed by atoms with E-state index < -0.39 is 0 Å². The largest absolute Gasteiger partial charge is 0.399 e. The van der Waals surface area contributed by atoms with Crippen LogP contribution in [0.3, 0.4) is 0 Å². The minimum Gasteiger partial charge on any atom is -0.399 e. The Morgan fingerprint density at radius 3 is 2.88 bits per heavy atom. The lowest BCUT2D eigenvalue weighted by Crippen LogP contribution is -2.08. The van der Waals surface area contributed by atoms with Gasteiger partial charge in [0.25, 0.3) is 0 Å². The number of benzene rings is 1. The number of nitrogen functional groups attached to an aromatic ring is 1. The van der Waals surface area contributed by atoms with Crippen molar-refractivity contribution in [3.63, 3.8) is 0 Å². The molecule has 0 aliphatic carbocycles. The van der Waals surface area contributed by atoms with Gasteiger partial charge in [-0.1, -0.05) is 26.0 Å². The van der Waals surface area contributed by atoms with E-state index in [4.69, 9.17) is 5.73 Å². The fourth-order valence-electron chi connectivity index (χ4n) is 1.56. The number of hydrogen-bond donors (Lipinski definition) is 1. The predicted octanol–water partition coefficient (Wildman–Crippen LogP) is 1.58. The molecule has 0 atom stereocenters. The van der Waals surface area contributed by atoms with Crippen LogP contribution in [0.2, 0.25) is 0 Å². The molecule has 1 heterocycles. The van der Waals surface area contributed by atoms with E-state index in [1.807, 2.05) is 24.3 Å². The van der Waals surface area contributed by atoms with Gasteiger partial charge >= 0.3 is 0 Å². The Balaban J connectivity index is 2.37. The standard InChI is InChI=1S/C11H15N5/c1-8(2)7-16-11(13-14-15-16)9-4-3-5-10(12)6-9/h3-6,8H,7,12H2,1-2H3. The molecule has 0 radical (unpaired) electrons. The van der Waals surface area contributed by atoms with Crippen LogP contribution in [0.25, 0.3) is 11.4 Å². The van der Waals surface area contributed by atoms with Gasteiger partial charge < -0.3 is 5.73 Å². The van der Waals surface area contributed by atoms with Gasteiger partial charge in [0, 0.05) is 17.8 Å². The van der Waals surface area contributed by atoms with E-state index >= 15 is 0 Å². The maximum atomic E-state index is 5.74. The molecule has 0 aliphatic heterocycles. The van der Waals surface area contributed by atoms with Gasteiger partial charge in [-0.15, -0.1) is 5.10 Å². The Kier molecular flexibility index (Phi) is 2.85. The van der Waals surface area contributed by atoms with Crippen LogP contribution in [-0.4, -0.2) is 20.2 Å². The zero-order valence-electron chi connectivity index (χ0n) is 9.46. The predicted molar refractivity (Wildman–Crippen MR) is 62.5 cm³/mol. The first kappa shape index (κ1) is 10.6. The minimum absolute atomic E-state index is 0.503. The van der Waals surface area contributed by atoms with Crippen LogP contribution in [0.1, 0.15) is 13.8 Å². The van der Waals surface area contributed by atoms with Crippen molar-refractivity contribution in [1.29, 1.82) is 0 Å². The maximum Gasteiger partial charge on any atom is 0.182 e. The molecule has 2 N–H and O–H groups in total. The summed E-state index contributed by atoms with van der Waals surface area (Å²) in [5.41, 5.74) is 7.41. The van der Waals surface area contributed by atoms with Crippen LogP contribution in [0, 0.1) is 5.92 Å². The van der Waals surface area contributed by atoms with E-state index in [0.29, 0.717) is 5.92 Å². The van der Waals surface area contributed by atoms with E-state index in [1.165, 1.54) is 0 Å². The first-order chi connectivity index (χ1) is 7.66. The van der Waals surface area contributed by atoms with Crippen LogP contribution in [0.5, 0.6) is 0 Å². The molecule has 1 aromatic heterocycles. The van der Waals surface area contributed by atoms with Gasteiger partial charge in [0.2, 0.25) is 0 Å². The van der Waals surface area contributed by atoms with Crippen LogP contribution in [0.4, 0.5) is 5.69 Å². The van der Waals surface area contributed by atoms with E-state index in [1.54, 1.807) is 4.68 Å². The number of anilines is 1. The summed E-state index contributed by atoms with van der Waals surface area (Å²) in [5.74, 6) is 1.27. The number of tetrazole rings is 1. The van der Waals surface area contributed by atoms with Crippen LogP contribution in [-0.2, 0) is 6.54 Å². The molecule has 5 nitrogen and oxygen atoms in total. The van der Waals surface area contributed by atoms with Crippen molar-refractivity contribution in [1.82, 2.24) is 20.2 Å². The Hall–Kier alpha value is -1.91. The number of hydrogen-bond acceptors (Lipinski definition) is 4. The first-order valence-corrected chi connectivity index (χ1v) is 5.29. The van der Waals surface area contributed by atoms with E-state index in [0.717, 1.165) is 23.6 Å². The molecule has 84 valence electrons. The molecule has 0 unspecified atom stereocenters. The number of rotatable bonds is 3. The lowest BCUT2D eigenvalue weighted by atomic mass is 10.2. The highest BCUT2D eigenvalue weighted by atomic mass is 15.5. The fraction of sp³-hybridized carbons (Fsp3) is 0.364.